The Kier molecular flexibility index (Phi) is 6.58. The zero-order valence-electron chi connectivity index (χ0n) is 17.9. The molecule has 8 heteroatoms. The molecular weight excluding hydrogens is 404 g/mol. The van der Waals surface area contributed by atoms with E-state index in [1.54, 1.807) is 25.3 Å². The van der Waals surface area contributed by atoms with Crippen LogP contribution in [-0.4, -0.2) is 22.3 Å². The van der Waals surface area contributed by atoms with Crippen LogP contribution in [0.15, 0.2) is 54.7 Å². The van der Waals surface area contributed by atoms with Gasteiger partial charge in [0.15, 0.2) is 12.4 Å². The van der Waals surface area contributed by atoms with Crippen LogP contribution < -0.4 is 14.8 Å². The van der Waals surface area contributed by atoms with Crippen molar-refractivity contribution in [2.24, 2.45) is 0 Å². The van der Waals surface area contributed by atoms with E-state index >= 15 is 0 Å². The Morgan fingerprint density at radius 3 is 2.48 bits per heavy atom. The highest BCUT2D eigenvalue weighted by Gasteiger charge is 2.16. The molecule has 31 heavy (non-hydrogen) atoms. The van der Waals surface area contributed by atoms with Gasteiger partial charge in [0.1, 0.15) is 11.5 Å². The summed E-state index contributed by atoms with van der Waals surface area (Å²) in [6.07, 6.45) is 1.60. The van der Waals surface area contributed by atoms with Gasteiger partial charge in [0.25, 0.3) is 5.91 Å². The van der Waals surface area contributed by atoms with E-state index in [0.717, 1.165) is 5.56 Å². The van der Waals surface area contributed by atoms with Gasteiger partial charge in [-0.1, -0.05) is 39.0 Å². The van der Waals surface area contributed by atoms with Crippen molar-refractivity contribution < 1.29 is 23.0 Å². The van der Waals surface area contributed by atoms with Crippen LogP contribution >= 0.6 is 0 Å². The Morgan fingerprint density at radius 1 is 1.13 bits per heavy atom. The van der Waals surface area contributed by atoms with Crippen LogP contribution in [0.5, 0.6) is 11.5 Å². The first-order valence-corrected chi connectivity index (χ1v) is 9.75. The molecule has 164 valence electrons. The van der Waals surface area contributed by atoms with Crippen molar-refractivity contribution in [1.82, 2.24) is 9.78 Å². The quantitative estimate of drug-likeness (QED) is 0.548. The number of hydrogen-bond acceptors (Lipinski definition) is 4. The van der Waals surface area contributed by atoms with E-state index in [9.17, 15) is 13.6 Å². The molecular formula is C23H25F2N3O3. The molecule has 0 saturated carbocycles. The number of nitrogens with zero attached hydrogens (tertiary/aromatic N) is 2. The van der Waals surface area contributed by atoms with Crippen molar-refractivity contribution >= 4 is 11.6 Å². The minimum absolute atomic E-state index is 0.0558. The average Bonchev–Trinajstić information content (AvgIpc) is 3.17. The Labute approximate surface area is 179 Å². The monoisotopic (exact) mass is 429 g/mol. The highest BCUT2D eigenvalue weighted by atomic mass is 19.3. The molecule has 0 saturated heterocycles. The lowest BCUT2D eigenvalue weighted by Crippen LogP contribution is -2.16. The number of halogens is 2. The Hall–Kier alpha value is -3.42. The van der Waals surface area contributed by atoms with Crippen LogP contribution in [0.4, 0.5) is 14.5 Å². The number of alkyl halides is 2. The smallest absolute Gasteiger partial charge is 0.387 e. The molecule has 1 aromatic heterocycles. The first-order valence-electron chi connectivity index (χ1n) is 9.75. The van der Waals surface area contributed by atoms with Crippen LogP contribution in [0.3, 0.4) is 0 Å². The number of ether oxygens (including phenoxy) is 2. The lowest BCUT2D eigenvalue weighted by atomic mass is 9.87. The molecule has 0 aliphatic rings. The number of carbonyl (C=O) groups is 1. The molecule has 1 amide bonds. The molecule has 1 N–H and O–H groups in total. The number of nitrogens with one attached hydrogen (secondary N) is 1. The number of amides is 1. The van der Waals surface area contributed by atoms with E-state index < -0.39 is 12.5 Å². The molecule has 0 aliphatic heterocycles. The van der Waals surface area contributed by atoms with Gasteiger partial charge in [0.05, 0.1) is 5.69 Å². The third kappa shape index (κ3) is 6.04. The summed E-state index contributed by atoms with van der Waals surface area (Å²) < 4.78 is 36.9. The van der Waals surface area contributed by atoms with E-state index in [1.165, 1.54) is 22.4 Å². The van der Waals surface area contributed by atoms with Crippen LogP contribution in [0.25, 0.3) is 0 Å². The minimum Gasteiger partial charge on any atom is -0.471 e. The number of aryl methyl sites for hydroxylation is 1. The molecule has 2 aromatic carbocycles. The zero-order valence-corrected chi connectivity index (χ0v) is 17.9. The van der Waals surface area contributed by atoms with E-state index in [4.69, 9.17) is 4.74 Å². The molecule has 0 atom stereocenters. The first-order chi connectivity index (χ1) is 14.6. The Morgan fingerprint density at radius 2 is 1.84 bits per heavy atom. The number of rotatable bonds is 7. The number of carbonyl (C=O) groups excluding carboxylic acids is 1. The Balaban J connectivity index is 1.63. The lowest BCUT2D eigenvalue weighted by Gasteiger charge is -2.19. The molecule has 0 radical (unpaired) electrons. The molecule has 6 nitrogen and oxygen atoms in total. The maximum absolute atomic E-state index is 12.6. The second-order valence-electron chi connectivity index (χ2n) is 8.12. The lowest BCUT2D eigenvalue weighted by molar-refractivity contribution is -0.0493. The van der Waals surface area contributed by atoms with Crippen molar-refractivity contribution in [2.75, 3.05) is 5.32 Å². The van der Waals surface area contributed by atoms with Gasteiger partial charge in [0.2, 0.25) is 0 Å². The second-order valence-corrected chi connectivity index (χ2v) is 8.12. The maximum atomic E-state index is 12.6. The average molecular weight is 429 g/mol. The fourth-order valence-electron chi connectivity index (χ4n) is 2.87. The summed E-state index contributed by atoms with van der Waals surface area (Å²) in [6.45, 7) is 5.32. The van der Waals surface area contributed by atoms with E-state index in [1.807, 2.05) is 24.3 Å². The summed E-state index contributed by atoms with van der Waals surface area (Å²) in [5, 5.41) is 6.75. The SMILES string of the molecule is Cc1ccc(OC(F)F)c(NC(=O)c2ccn(COc3ccc(C(C)(C)C)cc3)n2)c1. The topological polar surface area (TPSA) is 65.4 Å². The van der Waals surface area contributed by atoms with Gasteiger partial charge in [-0.3, -0.25) is 4.79 Å². The van der Waals surface area contributed by atoms with Gasteiger partial charge in [-0.25, -0.2) is 4.68 Å². The highest BCUT2D eigenvalue weighted by molar-refractivity contribution is 6.03. The van der Waals surface area contributed by atoms with E-state index in [2.05, 4.69) is 35.9 Å². The number of hydrogen-bond donors (Lipinski definition) is 1. The van der Waals surface area contributed by atoms with Crippen LogP contribution in [0.1, 0.15) is 42.4 Å². The summed E-state index contributed by atoms with van der Waals surface area (Å²) >= 11 is 0. The summed E-state index contributed by atoms with van der Waals surface area (Å²) in [7, 11) is 0. The van der Waals surface area contributed by atoms with E-state index in [0.29, 0.717) is 5.75 Å². The van der Waals surface area contributed by atoms with Gasteiger partial charge >= 0.3 is 6.61 Å². The number of aromatic nitrogens is 2. The molecule has 0 unspecified atom stereocenters. The highest BCUT2D eigenvalue weighted by Crippen LogP contribution is 2.28. The first kappa shape index (κ1) is 22.3. The van der Waals surface area contributed by atoms with Crippen molar-refractivity contribution in [3.63, 3.8) is 0 Å². The van der Waals surface area contributed by atoms with E-state index in [-0.39, 0.29) is 29.3 Å². The van der Waals surface area contributed by atoms with Gasteiger partial charge in [0, 0.05) is 6.20 Å². The van der Waals surface area contributed by atoms with Gasteiger partial charge < -0.3 is 14.8 Å². The van der Waals surface area contributed by atoms with Gasteiger partial charge in [-0.05, 0) is 53.8 Å². The molecule has 0 spiro atoms. The standard InChI is InChI=1S/C23H25F2N3O3/c1-15-5-10-20(31-22(24)25)19(13-15)26-21(29)18-11-12-28(27-18)14-30-17-8-6-16(7-9-17)23(2,3)4/h5-13,22H,14H2,1-4H3,(H,26,29). The van der Waals surface area contributed by atoms with Crippen molar-refractivity contribution in [2.45, 2.75) is 46.5 Å². The van der Waals surface area contributed by atoms with Gasteiger partial charge in [-0.2, -0.15) is 13.9 Å². The maximum Gasteiger partial charge on any atom is 0.387 e. The molecule has 1 heterocycles. The summed E-state index contributed by atoms with van der Waals surface area (Å²) in [6, 6.07) is 13.9. The summed E-state index contributed by atoms with van der Waals surface area (Å²) in [5.41, 5.74) is 2.31. The molecule has 3 rings (SSSR count). The van der Waals surface area contributed by atoms with Crippen molar-refractivity contribution in [3.05, 3.63) is 71.5 Å². The zero-order chi connectivity index (χ0) is 22.6. The third-order valence-corrected chi connectivity index (χ3v) is 4.56. The fraction of sp³-hybridized carbons (Fsp3) is 0.304. The normalized spacial score (nSPS) is 11.5. The molecule has 0 bridgehead atoms. The molecule has 0 aliphatic carbocycles. The fourth-order valence-corrected chi connectivity index (χ4v) is 2.87. The molecule has 0 fully saturated rings. The van der Waals surface area contributed by atoms with Crippen LogP contribution in [0.2, 0.25) is 0 Å². The summed E-state index contributed by atoms with van der Waals surface area (Å²) in [5.74, 6) is 0.0245. The van der Waals surface area contributed by atoms with Crippen molar-refractivity contribution in [3.8, 4) is 11.5 Å². The Bertz CT molecular complexity index is 1040. The predicted octanol–water partition coefficient (Wildman–Crippen LogP) is 5.38. The number of benzene rings is 2. The van der Waals surface area contributed by atoms with Crippen LogP contribution in [0, 0.1) is 6.92 Å². The third-order valence-electron chi connectivity index (χ3n) is 4.56. The predicted molar refractivity (Wildman–Crippen MR) is 114 cm³/mol. The second kappa shape index (κ2) is 9.16. The minimum atomic E-state index is -2.99. The van der Waals surface area contributed by atoms with Crippen molar-refractivity contribution in [1.29, 1.82) is 0 Å². The largest absolute Gasteiger partial charge is 0.471 e. The van der Waals surface area contributed by atoms with Gasteiger partial charge in [-0.15, -0.1) is 0 Å². The van der Waals surface area contributed by atoms with Crippen LogP contribution in [-0.2, 0) is 12.1 Å². The molecule has 3 aromatic rings. The summed E-state index contributed by atoms with van der Waals surface area (Å²) in [4.78, 5) is 12.5. The number of anilines is 1.